The molecule has 1 heterocycles. The van der Waals surface area contributed by atoms with E-state index in [1.54, 1.807) is 10.9 Å². The monoisotopic (exact) mass is 273 g/mol. The summed E-state index contributed by atoms with van der Waals surface area (Å²) in [7, 11) is 1.82. The molecule has 6 heteroatoms. The van der Waals surface area contributed by atoms with Crippen LogP contribution in [0.25, 0.3) is 0 Å². The summed E-state index contributed by atoms with van der Waals surface area (Å²) in [6.45, 7) is 2.13. The van der Waals surface area contributed by atoms with Crippen molar-refractivity contribution in [2.45, 2.75) is 13.5 Å². The molecule has 1 aromatic heterocycles. The van der Waals surface area contributed by atoms with Crippen LogP contribution >= 0.6 is 12.4 Å². The Morgan fingerprint density at radius 2 is 2.06 bits per heavy atom. The molecular formula is C12H14ClF2N3. The van der Waals surface area contributed by atoms with Crippen LogP contribution in [0, 0.1) is 18.6 Å². The minimum absolute atomic E-state index is 0. The van der Waals surface area contributed by atoms with Gasteiger partial charge in [-0.25, -0.2) is 8.78 Å². The third-order valence-electron chi connectivity index (χ3n) is 2.71. The van der Waals surface area contributed by atoms with Crippen molar-refractivity contribution in [3.05, 3.63) is 47.3 Å². The van der Waals surface area contributed by atoms with E-state index in [1.165, 1.54) is 6.07 Å². The van der Waals surface area contributed by atoms with Gasteiger partial charge in [-0.05, 0) is 25.1 Å². The molecule has 3 nitrogen and oxygen atoms in total. The molecule has 0 spiro atoms. The second-order valence-corrected chi connectivity index (χ2v) is 3.86. The first kappa shape index (κ1) is 14.4. The second kappa shape index (κ2) is 5.82. The maximum absolute atomic E-state index is 13.4. The van der Waals surface area contributed by atoms with E-state index in [0.29, 0.717) is 5.56 Å². The van der Waals surface area contributed by atoms with Gasteiger partial charge >= 0.3 is 0 Å². The summed E-state index contributed by atoms with van der Waals surface area (Å²) in [6.07, 6.45) is 1.66. The number of hydrogen-bond acceptors (Lipinski definition) is 2. The topological polar surface area (TPSA) is 29.9 Å². The Bertz CT molecular complexity index is 540. The van der Waals surface area contributed by atoms with Crippen molar-refractivity contribution in [2.24, 2.45) is 7.05 Å². The SMILES string of the molecule is Cc1c(NCc2cc(F)ccc2F)cnn1C.Cl. The molecule has 0 fully saturated rings. The quantitative estimate of drug-likeness (QED) is 0.932. The first-order valence-electron chi connectivity index (χ1n) is 5.24. The predicted octanol–water partition coefficient (Wildman–Crippen LogP) is 3.04. The van der Waals surface area contributed by atoms with Crippen LogP contribution in [0.4, 0.5) is 14.5 Å². The number of hydrogen-bond donors (Lipinski definition) is 1. The Morgan fingerprint density at radius 1 is 1.33 bits per heavy atom. The summed E-state index contributed by atoms with van der Waals surface area (Å²) >= 11 is 0. The second-order valence-electron chi connectivity index (χ2n) is 3.86. The normalized spacial score (nSPS) is 10.0. The number of aromatic nitrogens is 2. The van der Waals surface area contributed by atoms with Gasteiger partial charge in [0, 0.05) is 19.2 Å². The standard InChI is InChI=1S/C12H13F2N3.ClH/c1-8-12(7-16-17(8)2)15-6-9-5-10(13)3-4-11(9)14;/h3-5,7,15H,6H2,1-2H3;1H. The third-order valence-corrected chi connectivity index (χ3v) is 2.71. The molecule has 0 atom stereocenters. The predicted molar refractivity (Wildman–Crippen MR) is 68.9 cm³/mol. The highest BCUT2D eigenvalue weighted by atomic mass is 35.5. The molecule has 0 amide bonds. The van der Waals surface area contributed by atoms with Crippen molar-refractivity contribution >= 4 is 18.1 Å². The Hall–Kier alpha value is -1.62. The maximum atomic E-state index is 13.4. The molecule has 1 N–H and O–H groups in total. The van der Waals surface area contributed by atoms with E-state index in [-0.39, 0.29) is 19.0 Å². The zero-order valence-electron chi connectivity index (χ0n) is 10.1. The summed E-state index contributed by atoms with van der Waals surface area (Å²) in [5.74, 6) is -0.855. The number of nitrogens with one attached hydrogen (secondary N) is 1. The van der Waals surface area contributed by atoms with Gasteiger partial charge < -0.3 is 5.32 Å². The van der Waals surface area contributed by atoms with E-state index in [9.17, 15) is 8.78 Å². The molecule has 1 aromatic carbocycles. The van der Waals surface area contributed by atoms with Crippen LogP contribution in [0.3, 0.4) is 0 Å². The van der Waals surface area contributed by atoms with Crippen LogP contribution in [0.15, 0.2) is 24.4 Å². The minimum Gasteiger partial charge on any atom is -0.378 e. The van der Waals surface area contributed by atoms with Crippen molar-refractivity contribution < 1.29 is 8.78 Å². The average Bonchev–Trinajstić information content (AvgIpc) is 2.62. The van der Waals surface area contributed by atoms with Gasteiger partial charge in [0.05, 0.1) is 17.6 Å². The number of rotatable bonds is 3. The first-order chi connectivity index (χ1) is 8.08. The minimum atomic E-state index is -0.439. The Labute approximate surface area is 110 Å². The van der Waals surface area contributed by atoms with Crippen molar-refractivity contribution in [3.8, 4) is 0 Å². The van der Waals surface area contributed by atoms with Gasteiger partial charge in [-0.3, -0.25) is 4.68 Å². The van der Waals surface area contributed by atoms with E-state index in [0.717, 1.165) is 23.5 Å². The molecule has 98 valence electrons. The Kier molecular flexibility index (Phi) is 4.67. The first-order valence-corrected chi connectivity index (χ1v) is 5.24. The summed E-state index contributed by atoms with van der Waals surface area (Å²) in [4.78, 5) is 0. The fourth-order valence-corrected chi connectivity index (χ4v) is 1.54. The third kappa shape index (κ3) is 2.98. The van der Waals surface area contributed by atoms with Crippen LogP contribution < -0.4 is 5.32 Å². The van der Waals surface area contributed by atoms with Crippen LogP contribution in [0.2, 0.25) is 0 Å². The van der Waals surface area contributed by atoms with Crippen molar-refractivity contribution in [2.75, 3.05) is 5.32 Å². The molecule has 2 rings (SSSR count). The number of anilines is 1. The molecule has 2 aromatic rings. The highest BCUT2D eigenvalue weighted by Crippen LogP contribution is 2.15. The van der Waals surface area contributed by atoms with Gasteiger partial charge in [0.15, 0.2) is 0 Å². The zero-order chi connectivity index (χ0) is 12.4. The number of halogens is 3. The summed E-state index contributed by atoms with van der Waals surface area (Å²) in [5.41, 5.74) is 2.06. The summed E-state index contributed by atoms with van der Waals surface area (Å²) in [5, 5.41) is 7.08. The van der Waals surface area contributed by atoms with E-state index < -0.39 is 11.6 Å². The lowest BCUT2D eigenvalue weighted by molar-refractivity contribution is 0.587. The van der Waals surface area contributed by atoms with E-state index in [2.05, 4.69) is 10.4 Å². The van der Waals surface area contributed by atoms with Crippen molar-refractivity contribution in [1.29, 1.82) is 0 Å². The lowest BCUT2D eigenvalue weighted by atomic mass is 10.2. The molecule has 0 aliphatic rings. The lowest BCUT2D eigenvalue weighted by Gasteiger charge is -2.07. The average molecular weight is 274 g/mol. The van der Waals surface area contributed by atoms with Gasteiger partial charge in [0.25, 0.3) is 0 Å². The van der Waals surface area contributed by atoms with Crippen LogP contribution in [0.5, 0.6) is 0 Å². The summed E-state index contributed by atoms with van der Waals surface area (Å²) in [6, 6.07) is 3.42. The van der Waals surface area contributed by atoms with E-state index >= 15 is 0 Å². The maximum Gasteiger partial charge on any atom is 0.128 e. The molecular weight excluding hydrogens is 260 g/mol. The smallest absolute Gasteiger partial charge is 0.128 e. The Morgan fingerprint density at radius 3 is 2.67 bits per heavy atom. The Balaban J connectivity index is 0.00000162. The highest BCUT2D eigenvalue weighted by molar-refractivity contribution is 5.85. The van der Waals surface area contributed by atoms with E-state index in [4.69, 9.17) is 0 Å². The fourth-order valence-electron chi connectivity index (χ4n) is 1.54. The molecule has 0 radical (unpaired) electrons. The van der Waals surface area contributed by atoms with Crippen molar-refractivity contribution in [1.82, 2.24) is 9.78 Å². The van der Waals surface area contributed by atoms with Crippen LogP contribution in [-0.2, 0) is 13.6 Å². The van der Waals surface area contributed by atoms with E-state index in [1.807, 2.05) is 14.0 Å². The fraction of sp³-hybridized carbons (Fsp3) is 0.250. The lowest BCUT2D eigenvalue weighted by Crippen LogP contribution is -2.03. The van der Waals surface area contributed by atoms with Crippen LogP contribution in [0.1, 0.15) is 11.3 Å². The van der Waals surface area contributed by atoms with Gasteiger partial charge in [-0.1, -0.05) is 0 Å². The number of benzene rings is 1. The highest BCUT2D eigenvalue weighted by Gasteiger charge is 2.06. The number of nitrogens with zero attached hydrogens (tertiary/aromatic N) is 2. The molecule has 0 bridgehead atoms. The molecule has 0 saturated carbocycles. The van der Waals surface area contributed by atoms with Gasteiger partial charge in [-0.2, -0.15) is 5.10 Å². The molecule has 0 unspecified atom stereocenters. The van der Waals surface area contributed by atoms with Gasteiger partial charge in [0.2, 0.25) is 0 Å². The number of aryl methyl sites for hydroxylation is 1. The van der Waals surface area contributed by atoms with Crippen molar-refractivity contribution in [3.63, 3.8) is 0 Å². The van der Waals surface area contributed by atoms with Gasteiger partial charge in [0.1, 0.15) is 11.6 Å². The largest absolute Gasteiger partial charge is 0.378 e. The zero-order valence-corrected chi connectivity index (χ0v) is 10.9. The van der Waals surface area contributed by atoms with Gasteiger partial charge in [-0.15, -0.1) is 12.4 Å². The molecule has 18 heavy (non-hydrogen) atoms. The molecule has 0 aliphatic heterocycles. The molecule has 0 aliphatic carbocycles. The summed E-state index contributed by atoms with van der Waals surface area (Å²) < 4.78 is 28.0. The van der Waals surface area contributed by atoms with Crippen LogP contribution in [-0.4, -0.2) is 9.78 Å². The molecule has 0 saturated heterocycles.